The molecule has 4 nitrogen and oxygen atoms in total. The van der Waals surface area contributed by atoms with E-state index < -0.39 is 6.36 Å². The molecule has 2 aliphatic rings. The van der Waals surface area contributed by atoms with Crippen LogP contribution >= 0.6 is 0 Å². The van der Waals surface area contributed by atoms with Crippen molar-refractivity contribution in [3.8, 4) is 16.9 Å². The maximum atomic E-state index is 13.3. The van der Waals surface area contributed by atoms with Crippen LogP contribution < -0.4 is 10.3 Å². The van der Waals surface area contributed by atoms with Gasteiger partial charge in [-0.05, 0) is 59.9 Å². The Bertz CT molecular complexity index is 1200. The zero-order chi connectivity index (χ0) is 23.2. The fraction of sp³-hybridized carbons (Fsp3) is 0.320. The van der Waals surface area contributed by atoms with Gasteiger partial charge in [-0.15, -0.1) is 13.2 Å². The number of hydrogen-bond donors (Lipinski definition) is 0. The summed E-state index contributed by atoms with van der Waals surface area (Å²) < 4.78 is 56.1. The van der Waals surface area contributed by atoms with Gasteiger partial charge >= 0.3 is 6.36 Å². The van der Waals surface area contributed by atoms with Crippen molar-refractivity contribution in [1.29, 1.82) is 0 Å². The van der Waals surface area contributed by atoms with E-state index in [-0.39, 0.29) is 23.0 Å². The lowest BCUT2D eigenvalue weighted by Crippen LogP contribution is -2.46. The molecule has 0 saturated carbocycles. The smallest absolute Gasteiger partial charge is 0.406 e. The number of halogens is 4. The number of nitrogens with zero attached hydrogens (tertiary/aromatic N) is 2. The second-order valence-electron chi connectivity index (χ2n) is 8.78. The van der Waals surface area contributed by atoms with Crippen LogP contribution in [-0.2, 0) is 13.1 Å². The summed E-state index contributed by atoms with van der Waals surface area (Å²) in [6.07, 6.45) is -3.74. The van der Waals surface area contributed by atoms with Crippen molar-refractivity contribution in [2.75, 3.05) is 13.1 Å². The largest absolute Gasteiger partial charge is 0.573 e. The van der Waals surface area contributed by atoms with E-state index in [1.807, 2.05) is 10.6 Å². The molecule has 0 spiro atoms. The van der Waals surface area contributed by atoms with Crippen molar-refractivity contribution in [3.05, 3.63) is 88.1 Å². The third-order valence-electron chi connectivity index (χ3n) is 6.40. The number of alkyl halides is 3. The molecule has 2 aliphatic heterocycles. The summed E-state index contributed by atoms with van der Waals surface area (Å²) in [5, 5.41) is 0. The Hall–Kier alpha value is -3.13. The average molecular weight is 458 g/mol. The fourth-order valence-corrected chi connectivity index (χ4v) is 5.08. The van der Waals surface area contributed by atoms with Crippen LogP contribution in [0.3, 0.4) is 0 Å². The van der Waals surface area contributed by atoms with Gasteiger partial charge in [0.05, 0.1) is 0 Å². The third kappa shape index (κ3) is 4.66. The maximum Gasteiger partial charge on any atom is 0.573 e. The molecule has 5 rings (SSSR count). The number of piperidine rings is 1. The molecule has 2 atom stereocenters. The summed E-state index contributed by atoms with van der Waals surface area (Å²) >= 11 is 0. The first kappa shape index (κ1) is 21.7. The minimum atomic E-state index is -4.75. The second kappa shape index (κ2) is 8.33. The van der Waals surface area contributed by atoms with Gasteiger partial charge in [0, 0.05) is 43.4 Å². The van der Waals surface area contributed by atoms with Gasteiger partial charge in [0.2, 0.25) is 0 Å². The highest BCUT2D eigenvalue weighted by molar-refractivity contribution is 5.63. The summed E-state index contributed by atoms with van der Waals surface area (Å²) in [5.74, 6) is -0.0181. The zero-order valence-electron chi connectivity index (χ0n) is 17.7. The Labute approximate surface area is 188 Å². The van der Waals surface area contributed by atoms with Crippen LogP contribution in [0.1, 0.15) is 23.6 Å². The number of benzene rings is 2. The van der Waals surface area contributed by atoms with Gasteiger partial charge < -0.3 is 9.30 Å². The number of rotatable bonds is 4. The minimum absolute atomic E-state index is 0.126. The summed E-state index contributed by atoms with van der Waals surface area (Å²) in [4.78, 5) is 15.6. The van der Waals surface area contributed by atoms with Gasteiger partial charge in [-0.25, -0.2) is 4.39 Å². The highest BCUT2D eigenvalue weighted by Crippen LogP contribution is 2.36. The molecule has 2 bridgehead atoms. The monoisotopic (exact) mass is 458 g/mol. The molecule has 1 saturated heterocycles. The predicted octanol–water partition coefficient (Wildman–Crippen LogP) is 5.17. The normalized spacial score (nSPS) is 20.4. The van der Waals surface area contributed by atoms with Crippen LogP contribution in [0.5, 0.6) is 5.75 Å². The van der Waals surface area contributed by atoms with E-state index in [0.717, 1.165) is 37.3 Å². The molecule has 2 unspecified atom stereocenters. The van der Waals surface area contributed by atoms with E-state index in [9.17, 15) is 22.4 Å². The van der Waals surface area contributed by atoms with Gasteiger partial charge in [-0.1, -0.05) is 24.3 Å². The summed E-state index contributed by atoms with van der Waals surface area (Å²) in [6, 6.07) is 15.6. The quantitative estimate of drug-likeness (QED) is 0.506. The van der Waals surface area contributed by atoms with Crippen molar-refractivity contribution in [1.82, 2.24) is 9.47 Å². The Kier molecular flexibility index (Phi) is 5.48. The lowest BCUT2D eigenvalue weighted by Gasteiger charge is -2.43. The molecule has 0 aliphatic carbocycles. The second-order valence-corrected chi connectivity index (χ2v) is 8.78. The van der Waals surface area contributed by atoms with E-state index in [2.05, 4.69) is 9.64 Å². The number of aromatic nitrogens is 1. The zero-order valence-corrected chi connectivity index (χ0v) is 17.7. The molecule has 1 aromatic heterocycles. The molecular weight excluding hydrogens is 436 g/mol. The number of hydrogen-bond acceptors (Lipinski definition) is 3. The van der Waals surface area contributed by atoms with Gasteiger partial charge in [0.1, 0.15) is 11.6 Å². The van der Waals surface area contributed by atoms with E-state index >= 15 is 0 Å². The third-order valence-corrected chi connectivity index (χ3v) is 6.40. The number of likely N-dealkylation sites (tertiary alicyclic amines) is 1. The molecule has 0 radical (unpaired) electrons. The molecule has 3 heterocycles. The summed E-state index contributed by atoms with van der Waals surface area (Å²) in [6.45, 7) is 3.01. The number of ether oxygens (including phenoxy) is 1. The molecule has 0 amide bonds. The summed E-state index contributed by atoms with van der Waals surface area (Å²) in [7, 11) is 0. The molecule has 172 valence electrons. The highest BCUT2D eigenvalue weighted by Gasteiger charge is 2.35. The van der Waals surface area contributed by atoms with Crippen LogP contribution in [0.4, 0.5) is 17.6 Å². The topological polar surface area (TPSA) is 34.5 Å². The van der Waals surface area contributed by atoms with Gasteiger partial charge in [-0.3, -0.25) is 9.69 Å². The summed E-state index contributed by atoms with van der Waals surface area (Å²) in [5.41, 5.74) is 2.93. The average Bonchev–Trinajstić information content (AvgIpc) is 2.76. The molecular formula is C25H22F4N2O2. The van der Waals surface area contributed by atoms with Crippen LogP contribution in [0.25, 0.3) is 11.1 Å². The van der Waals surface area contributed by atoms with Crippen LogP contribution in [-0.4, -0.2) is 28.9 Å². The van der Waals surface area contributed by atoms with Gasteiger partial charge in [-0.2, -0.15) is 0 Å². The Morgan fingerprint density at radius 2 is 1.64 bits per heavy atom. The fourth-order valence-electron chi connectivity index (χ4n) is 5.08. The molecule has 33 heavy (non-hydrogen) atoms. The molecule has 0 N–H and O–H groups in total. The molecule has 1 fully saturated rings. The van der Waals surface area contributed by atoms with E-state index in [4.69, 9.17) is 0 Å². The van der Waals surface area contributed by atoms with Crippen LogP contribution in [0.2, 0.25) is 0 Å². The molecule has 8 heteroatoms. The Balaban J connectivity index is 1.36. The van der Waals surface area contributed by atoms with Gasteiger partial charge in [0.25, 0.3) is 5.56 Å². The first-order valence-corrected chi connectivity index (χ1v) is 10.8. The number of fused-ring (bicyclic) bond motifs is 4. The first-order valence-electron chi connectivity index (χ1n) is 10.8. The standard InChI is InChI=1S/C25H22F4N2O2/c26-20-5-1-16(2-6-20)12-30-13-17-11-19(15-30)23-10-9-22(24(32)31(23)14-17)18-3-7-21(8-4-18)33-25(27,28)29/h1-10,17,19H,11-15H2. The first-order chi connectivity index (χ1) is 15.7. The van der Waals surface area contributed by atoms with E-state index in [1.165, 1.54) is 36.4 Å². The Morgan fingerprint density at radius 1 is 0.909 bits per heavy atom. The van der Waals surface area contributed by atoms with Crippen molar-refractivity contribution in [2.24, 2.45) is 5.92 Å². The van der Waals surface area contributed by atoms with E-state index in [0.29, 0.717) is 23.6 Å². The molecule has 2 aromatic carbocycles. The van der Waals surface area contributed by atoms with Gasteiger partial charge in [0.15, 0.2) is 0 Å². The maximum absolute atomic E-state index is 13.3. The SMILES string of the molecule is O=c1c(-c2ccc(OC(F)(F)F)cc2)ccc2n1CC1CC2CN(Cc2ccc(F)cc2)C1. The van der Waals surface area contributed by atoms with Crippen LogP contribution in [0.15, 0.2) is 65.5 Å². The van der Waals surface area contributed by atoms with Crippen molar-refractivity contribution in [3.63, 3.8) is 0 Å². The lowest BCUT2D eigenvalue weighted by molar-refractivity contribution is -0.274. The molecule has 3 aromatic rings. The van der Waals surface area contributed by atoms with Crippen molar-refractivity contribution >= 4 is 0 Å². The Morgan fingerprint density at radius 3 is 2.33 bits per heavy atom. The van der Waals surface area contributed by atoms with Crippen LogP contribution in [0, 0.1) is 11.7 Å². The lowest BCUT2D eigenvalue weighted by atomic mass is 9.82. The van der Waals surface area contributed by atoms with E-state index in [1.54, 1.807) is 18.2 Å². The highest BCUT2D eigenvalue weighted by atomic mass is 19.4. The minimum Gasteiger partial charge on any atom is -0.406 e. The predicted molar refractivity (Wildman–Crippen MR) is 115 cm³/mol. The number of pyridine rings is 1. The van der Waals surface area contributed by atoms with Crippen molar-refractivity contribution in [2.45, 2.75) is 31.8 Å². The van der Waals surface area contributed by atoms with Crippen molar-refractivity contribution < 1.29 is 22.3 Å².